The fourth-order valence-corrected chi connectivity index (χ4v) is 1.21. The molecule has 0 spiro atoms. The van der Waals surface area contributed by atoms with Crippen LogP contribution in [0.3, 0.4) is 0 Å². The Balaban J connectivity index is 2.31. The van der Waals surface area contributed by atoms with Crippen LogP contribution in [0.5, 0.6) is 0 Å². The fraction of sp³-hybridized carbons (Fsp3) is 0.857. The van der Waals surface area contributed by atoms with Crippen molar-refractivity contribution in [2.45, 2.75) is 32.2 Å². The molecule has 52 valence electrons. The Morgan fingerprint density at radius 2 is 2.56 bits per heavy atom. The predicted octanol–water partition coefficient (Wildman–Crippen LogP) is 0.718. The fourth-order valence-electron chi connectivity index (χ4n) is 1.21. The molecule has 1 N–H and O–H groups in total. The molecule has 1 heterocycles. The van der Waals surface area contributed by atoms with Gasteiger partial charge >= 0.3 is 0 Å². The smallest absolute Gasteiger partial charge is 0.151 e. The zero-order valence-corrected chi connectivity index (χ0v) is 5.81. The zero-order chi connectivity index (χ0) is 6.69. The van der Waals surface area contributed by atoms with Gasteiger partial charge < -0.3 is 5.32 Å². The molecule has 1 rings (SSSR count). The Labute approximate surface area is 55.6 Å². The summed E-state index contributed by atoms with van der Waals surface area (Å²) < 4.78 is 0. The third-order valence-electron chi connectivity index (χ3n) is 1.73. The highest BCUT2D eigenvalue weighted by atomic mass is 16.1. The molecule has 9 heavy (non-hydrogen) atoms. The van der Waals surface area contributed by atoms with E-state index in [9.17, 15) is 4.79 Å². The average molecular weight is 127 g/mol. The minimum atomic E-state index is 0.190. The lowest BCUT2D eigenvalue weighted by Gasteiger charge is -2.04. The van der Waals surface area contributed by atoms with Gasteiger partial charge in [-0.25, -0.2) is 0 Å². The van der Waals surface area contributed by atoms with E-state index in [1.807, 2.05) is 0 Å². The molecule has 1 atom stereocenters. The van der Waals surface area contributed by atoms with Crippen molar-refractivity contribution in [3.63, 3.8) is 0 Å². The maximum atomic E-state index is 10.9. The van der Waals surface area contributed by atoms with Gasteiger partial charge in [0.2, 0.25) is 0 Å². The van der Waals surface area contributed by atoms with Crippen LogP contribution >= 0.6 is 0 Å². The van der Waals surface area contributed by atoms with E-state index in [0.29, 0.717) is 5.78 Å². The standard InChI is InChI=1S/C7H13NO/c1-2-3-6-7(9)4-5-8-6/h6,8H,2-5H2,1H3. The van der Waals surface area contributed by atoms with Gasteiger partial charge in [0.25, 0.3) is 0 Å². The first-order valence-electron chi connectivity index (χ1n) is 3.60. The van der Waals surface area contributed by atoms with E-state index >= 15 is 0 Å². The van der Waals surface area contributed by atoms with E-state index in [-0.39, 0.29) is 6.04 Å². The van der Waals surface area contributed by atoms with E-state index < -0.39 is 0 Å². The molecule has 0 saturated carbocycles. The Morgan fingerprint density at radius 1 is 1.78 bits per heavy atom. The molecular weight excluding hydrogens is 114 g/mol. The summed E-state index contributed by atoms with van der Waals surface area (Å²) in [5, 5.41) is 3.16. The van der Waals surface area contributed by atoms with Crippen LogP contribution in [0.15, 0.2) is 0 Å². The number of nitrogens with one attached hydrogen (secondary N) is 1. The Kier molecular flexibility index (Phi) is 2.22. The lowest BCUT2D eigenvalue weighted by atomic mass is 10.1. The Bertz CT molecular complexity index is 111. The van der Waals surface area contributed by atoms with E-state index in [1.54, 1.807) is 0 Å². The molecular formula is C7H13NO. The van der Waals surface area contributed by atoms with Gasteiger partial charge in [-0.2, -0.15) is 0 Å². The number of carbonyl (C=O) groups excluding carboxylic acids is 1. The van der Waals surface area contributed by atoms with Gasteiger partial charge in [-0.1, -0.05) is 13.3 Å². The zero-order valence-electron chi connectivity index (χ0n) is 5.81. The van der Waals surface area contributed by atoms with Crippen LogP contribution in [0.1, 0.15) is 26.2 Å². The quantitative estimate of drug-likeness (QED) is 0.592. The molecule has 0 amide bonds. The summed E-state index contributed by atoms with van der Waals surface area (Å²) in [5.41, 5.74) is 0. The topological polar surface area (TPSA) is 29.1 Å². The van der Waals surface area contributed by atoms with Crippen molar-refractivity contribution < 1.29 is 4.79 Å². The summed E-state index contributed by atoms with van der Waals surface area (Å²) in [6.07, 6.45) is 2.85. The summed E-state index contributed by atoms with van der Waals surface area (Å²) in [7, 11) is 0. The lowest BCUT2D eigenvalue weighted by Crippen LogP contribution is -2.26. The summed E-state index contributed by atoms with van der Waals surface area (Å²) in [5.74, 6) is 0.400. The molecule has 1 unspecified atom stereocenters. The maximum absolute atomic E-state index is 10.9. The highest BCUT2D eigenvalue weighted by Crippen LogP contribution is 2.05. The van der Waals surface area contributed by atoms with Gasteiger partial charge in [0, 0.05) is 13.0 Å². The number of hydrogen-bond acceptors (Lipinski definition) is 2. The molecule has 1 fully saturated rings. The normalized spacial score (nSPS) is 27.2. The third-order valence-corrected chi connectivity index (χ3v) is 1.73. The van der Waals surface area contributed by atoms with Gasteiger partial charge in [0.05, 0.1) is 6.04 Å². The predicted molar refractivity (Wildman–Crippen MR) is 36.3 cm³/mol. The highest BCUT2D eigenvalue weighted by molar-refractivity contribution is 5.86. The molecule has 2 nitrogen and oxygen atoms in total. The van der Waals surface area contributed by atoms with Crippen LogP contribution in [0.4, 0.5) is 0 Å². The van der Waals surface area contributed by atoms with Gasteiger partial charge in [0.1, 0.15) is 0 Å². The van der Waals surface area contributed by atoms with Crippen molar-refractivity contribution >= 4 is 5.78 Å². The second-order valence-electron chi connectivity index (χ2n) is 2.51. The SMILES string of the molecule is CCCC1NCCC1=O. The largest absolute Gasteiger partial charge is 0.307 e. The van der Waals surface area contributed by atoms with Crippen molar-refractivity contribution in [3.05, 3.63) is 0 Å². The first-order valence-corrected chi connectivity index (χ1v) is 3.60. The summed E-state index contributed by atoms with van der Waals surface area (Å²) >= 11 is 0. The average Bonchev–Trinajstić information content (AvgIpc) is 2.18. The van der Waals surface area contributed by atoms with Gasteiger partial charge in [-0.05, 0) is 6.42 Å². The molecule has 0 radical (unpaired) electrons. The van der Waals surface area contributed by atoms with Crippen molar-refractivity contribution in [2.75, 3.05) is 6.54 Å². The number of carbonyl (C=O) groups is 1. The number of ketones is 1. The summed E-state index contributed by atoms with van der Waals surface area (Å²) in [6.45, 7) is 3.00. The molecule has 0 aliphatic carbocycles. The molecule has 1 aliphatic rings. The molecule has 0 aromatic rings. The number of hydrogen-bond donors (Lipinski definition) is 1. The van der Waals surface area contributed by atoms with Crippen LogP contribution < -0.4 is 5.32 Å². The molecule has 0 aromatic heterocycles. The van der Waals surface area contributed by atoms with Crippen LogP contribution in [-0.2, 0) is 4.79 Å². The van der Waals surface area contributed by atoms with Gasteiger partial charge in [0.15, 0.2) is 5.78 Å². The number of Topliss-reactive ketones (excluding diaryl/α,β-unsaturated/α-hetero) is 1. The molecule has 1 saturated heterocycles. The van der Waals surface area contributed by atoms with Crippen LogP contribution in [0.2, 0.25) is 0 Å². The van der Waals surface area contributed by atoms with E-state index in [2.05, 4.69) is 12.2 Å². The van der Waals surface area contributed by atoms with Crippen molar-refractivity contribution in [1.82, 2.24) is 5.32 Å². The Hall–Kier alpha value is -0.370. The minimum Gasteiger partial charge on any atom is -0.307 e. The maximum Gasteiger partial charge on any atom is 0.151 e. The molecule has 2 heteroatoms. The molecule has 1 aliphatic heterocycles. The van der Waals surface area contributed by atoms with E-state index in [4.69, 9.17) is 0 Å². The second-order valence-corrected chi connectivity index (χ2v) is 2.51. The van der Waals surface area contributed by atoms with Crippen molar-refractivity contribution in [3.8, 4) is 0 Å². The number of rotatable bonds is 2. The van der Waals surface area contributed by atoms with Crippen LogP contribution in [0.25, 0.3) is 0 Å². The molecule has 0 aromatic carbocycles. The summed E-state index contributed by atoms with van der Waals surface area (Å²) in [6, 6.07) is 0.190. The first-order chi connectivity index (χ1) is 4.34. The third kappa shape index (κ3) is 1.52. The monoisotopic (exact) mass is 127 g/mol. The van der Waals surface area contributed by atoms with Gasteiger partial charge in [-0.3, -0.25) is 4.79 Å². The first kappa shape index (κ1) is 6.75. The van der Waals surface area contributed by atoms with E-state index in [0.717, 1.165) is 25.8 Å². The van der Waals surface area contributed by atoms with Crippen molar-refractivity contribution in [1.29, 1.82) is 0 Å². The lowest BCUT2D eigenvalue weighted by molar-refractivity contribution is -0.118. The van der Waals surface area contributed by atoms with Crippen LogP contribution in [0, 0.1) is 0 Å². The molecule has 0 bridgehead atoms. The minimum absolute atomic E-state index is 0.190. The van der Waals surface area contributed by atoms with Crippen molar-refractivity contribution in [2.24, 2.45) is 0 Å². The highest BCUT2D eigenvalue weighted by Gasteiger charge is 2.21. The Morgan fingerprint density at radius 3 is 3.00 bits per heavy atom. The summed E-state index contributed by atoms with van der Waals surface area (Å²) in [4.78, 5) is 10.9. The second kappa shape index (κ2) is 2.97. The van der Waals surface area contributed by atoms with Gasteiger partial charge in [-0.15, -0.1) is 0 Å². The van der Waals surface area contributed by atoms with Crippen LogP contribution in [-0.4, -0.2) is 18.4 Å². The van der Waals surface area contributed by atoms with E-state index in [1.165, 1.54) is 0 Å².